The smallest absolute Gasteiger partial charge is 0.335 e. The molecule has 0 bridgehead atoms. The van der Waals surface area contributed by atoms with Crippen molar-refractivity contribution in [1.29, 1.82) is 0 Å². The van der Waals surface area contributed by atoms with Crippen molar-refractivity contribution < 1.29 is 19.5 Å². The first-order valence-electron chi connectivity index (χ1n) is 6.47. The van der Waals surface area contributed by atoms with Crippen molar-refractivity contribution in [2.24, 2.45) is 11.7 Å². The first-order chi connectivity index (χ1) is 9.81. The number of rotatable bonds is 6. The number of benzene rings is 1. The number of hydrogen-bond acceptors (Lipinski definition) is 3. The van der Waals surface area contributed by atoms with Crippen molar-refractivity contribution in [3.63, 3.8) is 0 Å². The molecular weight excluding hydrogens is 274 g/mol. The lowest BCUT2D eigenvalue weighted by atomic mass is 10.0. The van der Waals surface area contributed by atoms with Gasteiger partial charge in [-0.25, -0.2) is 9.59 Å². The molecule has 0 fully saturated rings. The Kier molecular flexibility index (Phi) is 5.71. The van der Waals surface area contributed by atoms with Gasteiger partial charge in [0.15, 0.2) is 0 Å². The number of hydrogen-bond donors (Lipinski definition) is 4. The van der Waals surface area contributed by atoms with Gasteiger partial charge < -0.3 is 21.5 Å². The number of carboxylic acids is 1. The Bertz CT molecular complexity index is 543. The maximum atomic E-state index is 12.0. The Hall–Kier alpha value is -2.57. The first-order valence-corrected chi connectivity index (χ1v) is 6.47. The highest BCUT2D eigenvalue weighted by molar-refractivity contribution is 5.88. The summed E-state index contributed by atoms with van der Waals surface area (Å²) < 4.78 is 0. The van der Waals surface area contributed by atoms with E-state index in [2.05, 4.69) is 10.6 Å². The molecule has 1 aromatic rings. The third kappa shape index (κ3) is 5.13. The summed E-state index contributed by atoms with van der Waals surface area (Å²) in [6.45, 7) is 3.74. The van der Waals surface area contributed by atoms with E-state index < -0.39 is 18.0 Å². The molecular formula is C14H19N3O4. The van der Waals surface area contributed by atoms with Gasteiger partial charge in [-0.2, -0.15) is 0 Å². The van der Waals surface area contributed by atoms with Crippen LogP contribution in [-0.2, 0) is 11.3 Å². The standard InChI is InChI=1S/C14H19N3O4/c1-8(2)11(17-14(15)21)12(18)16-7-9-4-3-5-10(6-9)13(19)20/h3-6,8,11H,7H2,1-2H3,(H,16,18)(H,19,20)(H3,15,17,21). The number of aromatic carboxylic acids is 1. The molecule has 0 saturated carbocycles. The van der Waals surface area contributed by atoms with Crippen LogP contribution in [0.15, 0.2) is 24.3 Å². The highest BCUT2D eigenvalue weighted by atomic mass is 16.4. The fraction of sp³-hybridized carbons (Fsp3) is 0.357. The van der Waals surface area contributed by atoms with Gasteiger partial charge in [0.05, 0.1) is 5.56 Å². The van der Waals surface area contributed by atoms with Crippen molar-refractivity contribution in [2.75, 3.05) is 0 Å². The molecule has 0 aliphatic rings. The molecule has 0 saturated heterocycles. The van der Waals surface area contributed by atoms with E-state index in [9.17, 15) is 14.4 Å². The van der Waals surface area contributed by atoms with Crippen molar-refractivity contribution in [3.05, 3.63) is 35.4 Å². The maximum absolute atomic E-state index is 12.0. The van der Waals surface area contributed by atoms with Crippen molar-refractivity contribution in [3.8, 4) is 0 Å². The van der Waals surface area contributed by atoms with Crippen LogP contribution in [0, 0.1) is 5.92 Å². The molecule has 0 radical (unpaired) electrons. The molecule has 0 aromatic heterocycles. The number of nitrogens with two attached hydrogens (primary N) is 1. The monoisotopic (exact) mass is 293 g/mol. The Morgan fingerprint density at radius 2 is 1.95 bits per heavy atom. The molecule has 7 heteroatoms. The van der Waals surface area contributed by atoms with Crippen molar-refractivity contribution >= 4 is 17.9 Å². The highest BCUT2D eigenvalue weighted by Gasteiger charge is 2.22. The van der Waals surface area contributed by atoms with Gasteiger partial charge in [0, 0.05) is 6.54 Å². The van der Waals surface area contributed by atoms with Gasteiger partial charge in [0.25, 0.3) is 0 Å². The minimum Gasteiger partial charge on any atom is -0.478 e. The molecule has 1 unspecified atom stereocenters. The van der Waals surface area contributed by atoms with E-state index in [0.29, 0.717) is 5.56 Å². The molecule has 5 N–H and O–H groups in total. The number of carboxylic acid groups (broad SMARTS) is 1. The zero-order valence-electron chi connectivity index (χ0n) is 11.9. The topological polar surface area (TPSA) is 122 Å². The largest absolute Gasteiger partial charge is 0.478 e. The number of carbonyl (C=O) groups is 3. The summed E-state index contributed by atoms with van der Waals surface area (Å²) in [5.74, 6) is -1.52. The Morgan fingerprint density at radius 3 is 2.48 bits per heavy atom. The third-order valence-electron chi connectivity index (χ3n) is 2.89. The minimum absolute atomic E-state index is 0.122. The molecule has 0 aliphatic carbocycles. The normalized spacial score (nSPS) is 11.8. The van der Waals surface area contributed by atoms with Gasteiger partial charge in [-0.05, 0) is 23.6 Å². The lowest BCUT2D eigenvalue weighted by Gasteiger charge is -2.20. The van der Waals surface area contributed by atoms with Crippen LogP contribution < -0.4 is 16.4 Å². The van der Waals surface area contributed by atoms with Crippen LogP contribution in [0.2, 0.25) is 0 Å². The Balaban J connectivity index is 2.68. The number of primary amides is 1. The summed E-state index contributed by atoms with van der Waals surface area (Å²) in [6.07, 6.45) is 0. The molecule has 0 spiro atoms. The summed E-state index contributed by atoms with van der Waals surface area (Å²) in [5.41, 5.74) is 5.84. The van der Waals surface area contributed by atoms with E-state index in [1.54, 1.807) is 26.0 Å². The molecule has 21 heavy (non-hydrogen) atoms. The van der Waals surface area contributed by atoms with Crippen LogP contribution in [-0.4, -0.2) is 29.1 Å². The minimum atomic E-state index is -1.03. The summed E-state index contributed by atoms with van der Waals surface area (Å²) >= 11 is 0. The molecule has 1 rings (SSSR count). The van der Waals surface area contributed by atoms with E-state index in [1.807, 2.05) is 0 Å². The molecule has 3 amide bonds. The average molecular weight is 293 g/mol. The van der Waals surface area contributed by atoms with Crippen LogP contribution in [0.4, 0.5) is 4.79 Å². The molecule has 0 aliphatic heterocycles. The SMILES string of the molecule is CC(C)C(NC(N)=O)C(=O)NCc1cccc(C(=O)O)c1. The van der Waals surface area contributed by atoms with Crippen LogP contribution in [0.3, 0.4) is 0 Å². The second-order valence-electron chi connectivity index (χ2n) is 4.95. The quantitative estimate of drug-likeness (QED) is 0.616. The van der Waals surface area contributed by atoms with E-state index in [0.717, 1.165) is 0 Å². The van der Waals surface area contributed by atoms with Gasteiger partial charge in [0.1, 0.15) is 6.04 Å². The lowest BCUT2D eigenvalue weighted by Crippen LogP contribution is -2.51. The number of carbonyl (C=O) groups excluding carboxylic acids is 2. The summed E-state index contributed by atoms with van der Waals surface area (Å²) in [7, 11) is 0. The predicted octanol–water partition coefficient (Wildman–Crippen LogP) is 0.694. The maximum Gasteiger partial charge on any atom is 0.335 e. The second-order valence-corrected chi connectivity index (χ2v) is 4.95. The first kappa shape index (κ1) is 16.5. The van der Waals surface area contributed by atoms with Crippen molar-refractivity contribution in [1.82, 2.24) is 10.6 Å². The zero-order chi connectivity index (χ0) is 16.0. The Labute approximate surface area is 122 Å². The highest BCUT2D eigenvalue weighted by Crippen LogP contribution is 2.06. The van der Waals surface area contributed by atoms with Crippen LogP contribution in [0.5, 0.6) is 0 Å². The predicted molar refractivity (Wildman–Crippen MR) is 76.6 cm³/mol. The molecule has 1 atom stereocenters. The number of nitrogens with one attached hydrogen (secondary N) is 2. The fourth-order valence-electron chi connectivity index (χ4n) is 1.80. The molecule has 114 valence electrons. The van der Waals surface area contributed by atoms with E-state index in [-0.39, 0.29) is 23.9 Å². The van der Waals surface area contributed by atoms with E-state index in [1.165, 1.54) is 12.1 Å². The molecule has 1 aromatic carbocycles. The Morgan fingerprint density at radius 1 is 1.29 bits per heavy atom. The molecule has 0 heterocycles. The van der Waals surface area contributed by atoms with Gasteiger partial charge in [-0.1, -0.05) is 26.0 Å². The second kappa shape index (κ2) is 7.28. The summed E-state index contributed by atoms with van der Waals surface area (Å²) in [5, 5.41) is 13.9. The van der Waals surface area contributed by atoms with E-state index >= 15 is 0 Å². The summed E-state index contributed by atoms with van der Waals surface area (Å²) in [6, 6.07) is 4.76. The summed E-state index contributed by atoms with van der Waals surface area (Å²) in [4.78, 5) is 33.8. The van der Waals surface area contributed by atoms with Crippen LogP contribution in [0.1, 0.15) is 29.8 Å². The van der Waals surface area contributed by atoms with Gasteiger partial charge in [-0.15, -0.1) is 0 Å². The zero-order valence-corrected chi connectivity index (χ0v) is 11.9. The number of amides is 3. The van der Waals surface area contributed by atoms with Gasteiger partial charge in [-0.3, -0.25) is 4.79 Å². The lowest BCUT2D eigenvalue weighted by molar-refractivity contribution is -0.124. The fourth-order valence-corrected chi connectivity index (χ4v) is 1.80. The molecule has 7 nitrogen and oxygen atoms in total. The third-order valence-corrected chi connectivity index (χ3v) is 2.89. The van der Waals surface area contributed by atoms with Gasteiger partial charge in [0.2, 0.25) is 5.91 Å². The van der Waals surface area contributed by atoms with Gasteiger partial charge >= 0.3 is 12.0 Å². The van der Waals surface area contributed by atoms with Crippen molar-refractivity contribution in [2.45, 2.75) is 26.4 Å². The number of urea groups is 1. The van der Waals surface area contributed by atoms with Crippen LogP contribution >= 0.6 is 0 Å². The average Bonchev–Trinajstić information content (AvgIpc) is 2.42. The van der Waals surface area contributed by atoms with Crippen LogP contribution in [0.25, 0.3) is 0 Å². The van der Waals surface area contributed by atoms with E-state index in [4.69, 9.17) is 10.8 Å².